The predicted molar refractivity (Wildman–Crippen MR) is 107 cm³/mol. The van der Waals surface area contributed by atoms with E-state index in [-0.39, 0.29) is 23.3 Å². The van der Waals surface area contributed by atoms with Crippen LogP contribution in [-0.4, -0.2) is 23.3 Å². The van der Waals surface area contributed by atoms with Crippen LogP contribution in [0.4, 0.5) is 17.1 Å². The van der Waals surface area contributed by atoms with E-state index < -0.39 is 4.92 Å². The van der Waals surface area contributed by atoms with Crippen molar-refractivity contribution in [3.63, 3.8) is 0 Å². The molecule has 0 aliphatic rings. The van der Waals surface area contributed by atoms with Gasteiger partial charge in [0.15, 0.2) is 5.75 Å². The summed E-state index contributed by atoms with van der Waals surface area (Å²) in [5, 5.41) is 16.5. The lowest BCUT2D eigenvalue weighted by Gasteiger charge is -2.06. The van der Waals surface area contributed by atoms with Crippen LogP contribution in [0.2, 0.25) is 0 Å². The number of rotatable bonds is 8. The van der Waals surface area contributed by atoms with Crippen LogP contribution in [0, 0.1) is 10.1 Å². The molecule has 146 valence electrons. The topological polar surface area (TPSA) is 111 Å². The first-order valence-electron chi connectivity index (χ1n) is 8.67. The molecule has 0 aliphatic heterocycles. The Morgan fingerprint density at radius 1 is 1.11 bits per heavy atom. The van der Waals surface area contributed by atoms with Gasteiger partial charge in [0.25, 0.3) is 0 Å². The van der Waals surface area contributed by atoms with Crippen molar-refractivity contribution in [1.82, 2.24) is 0 Å². The fraction of sp³-hybridized carbons (Fsp3) is 0.200. The maximum atomic E-state index is 12.0. The van der Waals surface area contributed by atoms with Crippen molar-refractivity contribution in [3.8, 4) is 5.75 Å². The Morgan fingerprint density at radius 3 is 2.32 bits per heavy atom. The van der Waals surface area contributed by atoms with Crippen LogP contribution in [0.1, 0.15) is 25.8 Å². The van der Waals surface area contributed by atoms with Crippen molar-refractivity contribution in [1.29, 1.82) is 0 Å². The molecule has 0 saturated heterocycles. The first kappa shape index (κ1) is 20.6. The number of carbonyl (C=O) groups is 2. The molecule has 0 bridgehead atoms. The Hall–Kier alpha value is -3.68. The third-order valence-corrected chi connectivity index (χ3v) is 3.54. The van der Waals surface area contributed by atoms with Gasteiger partial charge in [0.05, 0.1) is 11.5 Å². The molecule has 0 heterocycles. The molecule has 28 heavy (non-hydrogen) atoms. The molecule has 2 aromatic rings. The summed E-state index contributed by atoms with van der Waals surface area (Å²) >= 11 is 0. The largest absolute Gasteiger partial charge is 0.487 e. The molecule has 0 saturated carbocycles. The Labute approximate surface area is 162 Å². The fourth-order valence-corrected chi connectivity index (χ4v) is 2.31. The molecule has 2 N–H and O–H groups in total. The monoisotopic (exact) mass is 383 g/mol. The number of carbonyl (C=O) groups excluding carboxylic acids is 2. The molecule has 0 spiro atoms. The summed E-state index contributed by atoms with van der Waals surface area (Å²) in [4.78, 5) is 33.7. The van der Waals surface area contributed by atoms with E-state index in [1.165, 1.54) is 31.2 Å². The van der Waals surface area contributed by atoms with E-state index >= 15 is 0 Å². The van der Waals surface area contributed by atoms with E-state index in [4.69, 9.17) is 4.74 Å². The summed E-state index contributed by atoms with van der Waals surface area (Å²) in [7, 11) is 0. The van der Waals surface area contributed by atoms with Crippen LogP contribution in [-0.2, 0) is 9.59 Å². The summed E-state index contributed by atoms with van der Waals surface area (Å²) in [6, 6.07) is 11.2. The van der Waals surface area contributed by atoms with Crippen LogP contribution < -0.4 is 15.4 Å². The second kappa shape index (κ2) is 9.86. The molecule has 8 nitrogen and oxygen atoms in total. The van der Waals surface area contributed by atoms with Crippen molar-refractivity contribution in [3.05, 3.63) is 64.2 Å². The summed E-state index contributed by atoms with van der Waals surface area (Å²) in [6.07, 6.45) is 3.51. The number of hydrogen-bond acceptors (Lipinski definition) is 5. The highest BCUT2D eigenvalue weighted by atomic mass is 16.6. The molecule has 0 unspecified atom stereocenters. The van der Waals surface area contributed by atoms with Crippen molar-refractivity contribution in [2.75, 3.05) is 17.2 Å². The number of hydrogen-bond donors (Lipinski definition) is 2. The zero-order valence-corrected chi connectivity index (χ0v) is 15.6. The minimum atomic E-state index is -0.515. The molecule has 2 amide bonds. The molecule has 0 radical (unpaired) electrons. The highest BCUT2D eigenvalue weighted by Gasteiger charge is 2.15. The van der Waals surface area contributed by atoms with Gasteiger partial charge in [-0.1, -0.05) is 13.0 Å². The third kappa shape index (κ3) is 6.24. The van der Waals surface area contributed by atoms with Gasteiger partial charge in [0.2, 0.25) is 11.8 Å². The van der Waals surface area contributed by atoms with Gasteiger partial charge in [-0.05, 0) is 48.4 Å². The average Bonchev–Trinajstić information content (AvgIpc) is 2.66. The van der Waals surface area contributed by atoms with Gasteiger partial charge in [0, 0.05) is 30.4 Å². The van der Waals surface area contributed by atoms with Gasteiger partial charge < -0.3 is 15.4 Å². The van der Waals surface area contributed by atoms with Crippen LogP contribution in [0.5, 0.6) is 5.75 Å². The van der Waals surface area contributed by atoms with Crippen molar-refractivity contribution >= 4 is 35.0 Å². The summed E-state index contributed by atoms with van der Waals surface area (Å²) in [5.74, 6) is -0.367. The first-order chi connectivity index (χ1) is 13.4. The number of amides is 2. The number of nitrogens with zero attached hydrogens (tertiary/aromatic N) is 1. The lowest BCUT2D eigenvalue weighted by molar-refractivity contribution is -0.385. The number of nitrogens with one attached hydrogen (secondary N) is 2. The molecular formula is C20H21N3O5. The van der Waals surface area contributed by atoms with Crippen LogP contribution >= 0.6 is 0 Å². The van der Waals surface area contributed by atoms with Crippen molar-refractivity contribution < 1.29 is 19.2 Å². The zero-order chi connectivity index (χ0) is 20.5. The number of benzene rings is 2. The first-order valence-corrected chi connectivity index (χ1v) is 8.67. The third-order valence-electron chi connectivity index (χ3n) is 3.54. The molecular weight excluding hydrogens is 362 g/mol. The van der Waals surface area contributed by atoms with Crippen LogP contribution in [0.15, 0.2) is 48.5 Å². The van der Waals surface area contributed by atoms with Gasteiger partial charge in [-0.3, -0.25) is 19.7 Å². The molecule has 2 rings (SSSR count). The van der Waals surface area contributed by atoms with Gasteiger partial charge in [-0.15, -0.1) is 0 Å². The molecule has 0 atom stereocenters. The van der Waals surface area contributed by atoms with Crippen molar-refractivity contribution in [2.24, 2.45) is 0 Å². The lowest BCUT2D eigenvalue weighted by atomic mass is 10.1. The van der Waals surface area contributed by atoms with E-state index in [2.05, 4.69) is 10.6 Å². The highest BCUT2D eigenvalue weighted by Crippen LogP contribution is 2.28. The highest BCUT2D eigenvalue weighted by molar-refractivity contribution is 6.02. The number of ether oxygens (including phenoxy) is 1. The second-order valence-corrected chi connectivity index (χ2v) is 5.91. The lowest BCUT2D eigenvalue weighted by Crippen LogP contribution is -2.08. The SMILES string of the molecule is CCCOc1ccc(/C=C/C(=O)Nc2ccc(NC(C)=O)cc2)cc1[N+](=O)[O-]. The number of anilines is 2. The standard InChI is InChI=1S/C20H21N3O5/c1-3-12-28-19-10-4-15(13-18(19)23(26)27)5-11-20(25)22-17-8-6-16(7-9-17)21-14(2)24/h4-11,13H,3,12H2,1-2H3,(H,21,24)(H,22,25)/b11-5+. The van der Waals surface area contributed by atoms with E-state index in [0.717, 1.165) is 6.42 Å². The maximum Gasteiger partial charge on any atom is 0.311 e. The van der Waals surface area contributed by atoms with Crippen LogP contribution in [0.3, 0.4) is 0 Å². The minimum absolute atomic E-state index is 0.149. The molecule has 0 aromatic heterocycles. The summed E-state index contributed by atoms with van der Waals surface area (Å²) in [6.45, 7) is 3.71. The van der Waals surface area contributed by atoms with Gasteiger partial charge >= 0.3 is 5.69 Å². The molecule has 0 fully saturated rings. The van der Waals surface area contributed by atoms with Gasteiger partial charge in [-0.25, -0.2) is 0 Å². The van der Waals surface area contributed by atoms with Gasteiger partial charge in [0.1, 0.15) is 0 Å². The summed E-state index contributed by atoms with van der Waals surface area (Å²) in [5.41, 5.74) is 1.54. The summed E-state index contributed by atoms with van der Waals surface area (Å²) < 4.78 is 5.37. The fourth-order valence-electron chi connectivity index (χ4n) is 2.31. The smallest absolute Gasteiger partial charge is 0.311 e. The van der Waals surface area contributed by atoms with Gasteiger partial charge in [-0.2, -0.15) is 0 Å². The van der Waals surface area contributed by atoms with E-state index in [0.29, 0.717) is 23.5 Å². The van der Waals surface area contributed by atoms with E-state index in [1.54, 1.807) is 30.3 Å². The molecule has 0 aliphatic carbocycles. The zero-order valence-electron chi connectivity index (χ0n) is 15.6. The predicted octanol–water partition coefficient (Wildman–Crippen LogP) is 3.99. The quantitative estimate of drug-likeness (QED) is 0.407. The van der Waals surface area contributed by atoms with Crippen LogP contribution in [0.25, 0.3) is 6.08 Å². The minimum Gasteiger partial charge on any atom is -0.487 e. The molecule has 2 aromatic carbocycles. The normalized spacial score (nSPS) is 10.5. The average molecular weight is 383 g/mol. The van der Waals surface area contributed by atoms with E-state index in [1.807, 2.05) is 6.92 Å². The molecule has 8 heteroatoms. The Morgan fingerprint density at radius 2 is 1.75 bits per heavy atom. The van der Waals surface area contributed by atoms with E-state index in [9.17, 15) is 19.7 Å². The van der Waals surface area contributed by atoms with Crippen molar-refractivity contribution in [2.45, 2.75) is 20.3 Å². The number of nitro groups is 1. The Balaban J connectivity index is 2.04. The Bertz CT molecular complexity index is 891. The number of nitro benzene ring substituents is 1. The maximum absolute atomic E-state index is 12.0. The Kier molecular flexibility index (Phi) is 7.27. The second-order valence-electron chi connectivity index (χ2n) is 5.91.